The molecule has 2 heterocycles. The maximum atomic E-state index is 12.1. The fraction of sp³-hybridized carbons (Fsp3) is 0.333. The third-order valence-corrected chi connectivity index (χ3v) is 5.38. The fourth-order valence-electron chi connectivity index (χ4n) is 2.41. The molecule has 0 radical (unpaired) electrons. The summed E-state index contributed by atoms with van der Waals surface area (Å²) in [6.45, 7) is 0. The standard InChI is InChI=1S/C15H13Cl2N5OS/c16-9-2-1-3-10(17)13(9)18-11(23)6-7-12-21-22-14(8-4-5-8)19-20-15(22)24-12/h1-3,8H,4-7H2,(H,18,23). The van der Waals surface area contributed by atoms with Gasteiger partial charge in [0.05, 0.1) is 15.7 Å². The number of aryl methyl sites for hydroxylation is 1. The van der Waals surface area contributed by atoms with Gasteiger partial charge in [0.1, 0.15) is 5.01 Å². The third kappa shape index (κ3) is 3.11. The van der Waals surface area contributed by atoms with Crippen LogP contribution >= 0.6 is 34.5 Å². The lowest BCUT2D eigenvalue weighted by Gasteiger charge is -2.08. The predicted molar refractivity (Wildman–Crippen MR) is 94.0 cm³/mol. The van der Waals surface area contributed by atoms with Crippen LogP contribution in [0.15, 0.2) is 18.2 Å². The lowest BCUT2D eigenvalue weighted by atomic mass is 10.2. The molecule has 1 saturated carbocycles. The summed E-state index contributed by atoms with van der Waals surface area (Å²) >= 11 is 13.6. The zero-order valence-electron chi connectivity index (χ0n) is 12.5. The number of rotatable bonds is 5. The average Bonchev–Trinajstić information content (AvgIpc) is 3.19. The number of carbonyl (C=O) groups excluding carboxylic acids is 1. The van der Waals surface area contributed by atoms with Gasteiger partial charge in [0.25, 0.3) is 0 Å². The molecular formula is C15H13Cl2N5OS. The van der Waals surface area contributed by atoms with Crippen molar-refractivity contribution >= 4 is 51.1 Å². The summed E-state index contributed by atoms with van der Waals surface area (Å²) in [5, 5.41) is 17.3. The SMILES string of the molecule is O=C(CCc1nn2c(C3CC3)nnc2s1)Nc1c(Cl)cccc1Cl. The number of amides is 1. The van der Waals surface area contributed by atoms with Crippen molar-refractivity contribution in [2.24, 2.45) is 0 Å². The van der Waals surface area contributed by atoms with Crippen LogP contribution in [0.1, 0.15) is 36.0 Å². The highest BCUT2D eigenvalue weighted by Gasteiger charge is 2.30. The molecule has 0 unspecified atom stereocenters. The minimum atomic E-state index is -0.154. The van der Waals surface area contributed by atoms with Gasteiger partial charge in [0, 0.05) is 18.8 Å². The molecule has 3 aromatic rings. The van der Waals surface area contributed by atoms with Crippen LogP contribution in [-0.2, 0) is 11.2 Å². The maximum absolute atomic E-state index is 12.1. The van der Waals surface area contributed by atoms with E-state index < -0.39 is 0 Å². The van der Waals surface area contributed by atoms with E-state index in [0.717, 1.165) is 28.6 Å². The number of halogens is 2. The number of anilines is 1. The van der Waals surface area contributed by atoms with Gasteiger partial charge >= 0.3 is 0 Å². The van der Waals surface area contributed by atoms with Gasteiger partial charge in [-0.25, -0.2) is 0 Å². The van der Waals surface area contributed by atoms with E-state index in [1.54, 1.807) is 22.7 Å². The molecule has 4 rings (SSSR count). The maximum Gasteiger partial charge on any atom is 0.234 e. The van der Waals surface area contributed by atoms with Crippen LogP contribution < -0.4 is 5.32 Å². The lowest BCUT2D eigenvalue weighted by Crippen LogP contribution is -2.13. The lowest BCUT2D eigenvalue weighted by molar-refractivity contribution is -0.116. The van der Waals surface area contributed by atoms with Gasteiger partial charge in [-0.2, -0.15) is 9.61 Å². The quantitative estimate of drug-likeness (QED) is 0.726. The Labute approximate surface area is 151 Å². The van der Waals surface area contributed by atoms with Crippen molar-refractivity contribution in [2.45, 2.75) is 31.6 Å². The van der Waals surface area contributed by atoms with E-state index in [1.165, 1.54) is 11.3 Å². The molecule has 2 aromatic heterocycles. The molecule has 0 saturated heterocycles. The molecule has 0 spiro atoms. The normalized spacial score (nSPS) is 14.2. The van der Waals surface area contributed by atoms with Crippen molar-refractivity contribution in [3.63, 3.8) is 0 Å². The van der Waals surface area contributed by atoms with Gasteiger partial charge < -0.3 is 5.32 Å². The summed E-state index contributed by atoms with van der Waals surface area (Å²) in [6, 6.07) is 5.10. The molecule has 124 valence electrons. The second kappa shape index (κ2) is 6.31. The molecule has 0 bridgehead atoms. The van der Waals surface area contributed by atoms with Gasteiger partial charge in [-0.15, -0.1) is 10.2 Å². The smallest absolute Gasteiger partial charge is 0.234 e. The largest absolute Gasteiger partial charge is 0.324 e. The van der Waals surface area contributed by atoms with Gasteiger partial charge in [-0.3, -0.25) is 4.79 Å². The van der Waals surface area contributed by atoms with Crippen LogP contribution in [0.25, 0.3) is 4.96 Å². The van der Waals surface area contributed by atoms with Crippen molar-refractivity contribution in [3.8, 4) is 0 Å². The zero-order chi connectivity index (χ0) is 16.7. The Morgan fingerprint density at radius 2 is 2.04 bits per heavy atom. The van der Waals surface area contributed by atoms with Gasteiger partial charge in [0.15, 0.2) is 5.82 Å². The monoisotopic (exact) mass is 381 g/mol. The Hall–Kier alpha value is -1.70. The second-order valence-electron chi connectivity index (χ2n) is 5.67. The van der Waals surface area contributed by atoms with E-state index in [4.69, 9.17) is 23.2 Å². The van der Waals surface area contributed by atoms with E-state index in [9.17, 15) is 4.79 Å². The number of nitrogens with zero attached hydrogens (tertiary/aromatic N) is 4. The van der Waals surface area contributed by atoms with E-state index in [1.807, 2.05) is 0 Å². The number of para-hydroxylation sites is 1. The number of hydrogen-bond donors (Lipinski definition) is 1. The van der Waals surface area contributed by atoms with Crippen LogP contribution in [0.3, 0.4) is 0 Å². The number of hydrogen-bond acceptors (Lipinski definition) is 5. The number of carbonyl (C=O) groups is 1. The van der Waals surface area contributed by atoms with Crippen LogP contribution in [0, 0.1) is 0 Å². The van der Waals surface area contributed by atoms with Gasteiger partial charge in [0.2, 0.25) is 10.9 Å². The highest BCUT2D eigenvalue weighted by atomic mass is 35.5. The Morgan fingerprint density at radius 3 is 2.75 bits per heavy atom. The van der Waals surface area contributed by atoms with E-state index in [0.29, 0.717) is 34.5 Å². The summed E-state index contributed by atoms with van der Waals surface area (Å²) < 4.78 is 1.81. The Morgan fingerprint density at radius 1 is 1.29 bits per heavy atom. The van der Waals surface area contributed by atoms with E-state index in [-0.39, 0.29) is 5.91 Å². The Kier molecular flexibility index (Phi) is 4.15. The average molecular weight is 382 g/mol. The van der Waals surface area contributed by atoms with E-state index >= 15 is 0 Å². The van der Waals surface area contributed by atoms with Crippen LogP contribution in [-0.4, -0.2) is 25.7 Å². The van der Waals surface area contributed by atoms with Crippen molar-refractivity contribution in [2.75, 3.05) is 5.32 Å². The molecule has 6 nitrogen and oxygen atoms in total. The molecule has 1 fully saturated rings. The third-order valence-electron chi connectivity index (χ3n) is 3.79. The van der Waals surface area contributed by atoms with E-state index in [2.05, 4.69) is 20.6 Å². The first kappa shape index (κ1) is 15.8. The highest BCUT2D eigenvalue weighted by molar-refractivity contribution is 7.16. The summed E-state index contributed by atoms with van der Waals surface area (Å²) in [6.07, 6.45) is 3.12. The first-order valence-corrected chi connectivity index (χ1v) is 9.14. The summed E-state index contributed by atoms with van der Waals surface area (Å²) in [4.78, 5) is 12.9. The topological polar surface area (TPSA) is 72.2 Å². The van der Waals surface area contributed by atoms with Gasteiger partial charge in [-0.05, 0) is 25.0 Å². The Balaban J connectivity index is 1.42. The highest BCUT2D eigenvalue weighted by Crippen LogP contribution is 2.39. The molecule has 1 aromatic carbocycles. The van der Waals surface area contributed by atoms with Crippen molar-refractivity contribution in [1.82, 2.24) is 19.8 Å². The fourth-order valence-corrected chi connectivity index (χ4v) is 3.74. The van der Waals surface area contributed by atoms with Crippen molar-refractivity contribution < 1.29 is 4.79 Å². The first-order chi connectivity index (χ1) is 11.6. The number of aromatic nitrogens is 4. The van der Waals surface area contributed by atoms with Gasteiger partial charge in [-0.1, -0.05) is 40.6 Å². The number of nitrogens with one attached hydrogen (secondary N) is 1. The van der Waals surface area contributed by atoms with Crippen LogP contribution in [0.4, 0.5) is 5.69 Å². The van der Waals surface area contributed by atoms with Crippen molar-refractivity contribution in [3.05, 3.63) is 39.1 Å². The number of fused-ring (bicyclic) bond motifs is 1. The van der Waals surface area contributed by atoms with Crippen molar-refractivity contribution in [1.29, 1.82) is 0 Å². The first-order valence-electron chi connectivity index (χ1n) is 7.56. The van der Waals surface area contributed by atoms with Crippen LogP contribution in [0.5, 0.6) is 0 Å². The molecule has 9 heteroatoms. The summed E-state index contributed by atoms with van der Waals surface area (Å²) in [7, 11) is 0. The molecule has 1 aliphatic carbocycles. The molecule has 0 atom stereocenters. The molecule has 0 aliphatic heterocycles. The second-order valence-corrected chi connectivity index (χ2v) is 7.52. The number of benzene rings is 1. The Bertz CT molecular complexity index is 898. The minimum absolute atomic E-state index is 0.154. The predicted octanol–water partition coefficient (Wildman–Crippen LogP) is 3.94. The zero-order valence-corrected chi connectivity index (χ0v) is 14.8. The molecule has 1 aliphatic rings. The molecule has 1 N–H and O–H groups in total. The molecule has 1 amide bonds. The molecule has 24 heavy (non-hydrogen) atoms. The molecular weight excluding hydrogens is 369 g/mol. The summed E-state index contributed by atoms with van der Waals surface area (Å²) in [5.41, 5.74) is 0.444. The summed E-state index contributed by atoms with van der Waals surface area (Å²) in [5.74, 6) is 1.26. The minimum Gasteiger partial charge on any atom is -0.324 e. The van der Waals surface area contributed by atoms with Crippen LogP contribution in [0.2, 0.25) is 10.0 Å².